The summed E-state index contributed by atoms with van der Waals surface area (Å²) in [5, 5.41) is 13.6. The van der Waals surface area contributed by atoms with Gasteiger partial charge in [-0.25, -0.2) is 23.9 Å². The zero-order chi connectivity index (χ0) is 31.2. The zero-order valence-electron chi connectivity index (χ0n) is 24.3. The molecule has 43 heavy (non-hydrogen) atoms. The first kappa shape index (κ1) is 29.6. The van der Waals surface area contributed by atoms with Crippen LogP contribution in [0, 0.1) is 0 Å². The van der Waals surface area contributed by atoms with E-state index in [1.807, 2.05) is 30.3 Å². The van der Waals surface area contributed by atoms with E-state index in [9.17, 15) is 24.3 Å². The Bertz CT molecular complexity index is 2000. The van der Waals surface area contributed by atoms with Crippen LogP contribution in [0.15, 0.2) is 64.2 Å². The number of carboxylic acid groups (broad SMARTS) is 1. The molecule has 3 heterocycles. The third-order valence-corrected chi connectivity index (χ3v) is 7.39. The third-order valence-electron chi connectivity index (χ3n) is 7.06. The largest absolute Gasteiger partial charge is 0.464 e. The van der Waals surface area contributed by atoms with Gasteiger partial charge in [-0.05, 0) is 44.5 Å². The Morgan fingerprint density at radius 3 is 2.40 bits per heavy atom. The Morgan fingerprint density at radius 1 is 1.05 bits per heavy atom. The number of aromatic nitrogens is 5. The molecular weight excluding hydrogens is 576 g/mol. The number of alkyl carbamates (subject to hydrolysis) is 1. The number of ether oxygens (including phenoxy) is 1. The van der Waals surface area contributed by atoms with Gasteiger partial charge in [-0.15, -0.1) is 0 Å². The van der Waals surface area contributed by atoms with Crippen LogP contribution in [0.1, 0.15) is 43.9 Å². The number of hydrogen-bond acceptors (Lipinski definition) is 6. The lowest BCUT2D eigenvalue weighted by atomic mass is 10.1. The second-order valence-electron chi connectivity index (χ2n) is 11.2. The summed E-state index contributed by atoms with van der Waals surface area (Å²) < 4.78 is 10.2. The highest BCUT2D eigenvalue weighted by Crippen LogP contribution is 2.27. The van der Waals surface area contributed by atoms with E-state index in [0.29, 0.717) is 28.2 Å². The second-order valence-corrected chi connectivity index (χ2v) is 11.7. The van der Waals surface area contributed by atoms with Crippen molar-refractivity contribution in [3.05, 3.63) is 97.5 Å². The lowest BCUT2D eigenvalue weighted by molar-refractivity contribution is 0.0500. The van der Waals surface area contributed by atoms with Crippen molar-refractivity contribution in [2.45, 2.75) is 45.4 Å². The number of nitrogens with one attached hydrogen (secondary N) is 1. The third kappa shape index (κ3) is 5.65. The van der Waals surface area contributed by atoms with Crippen LogP contribution in [0.25, 0.3) is 22.1 Å². The first-order chi connectivity index (χ1) is 20.3. The molecule has 0 saturated heterocycles. The summed E-state index contributed by atoms with van der Waals surface area (Å²) in [6, 6.07) is 15.1. The van der Waals surface area contributed by atoms with E-state index in [1.165, 1.54) is 11.6 Å². The first-order valence-electron chi connectivity index (χ1n) is 13.5. The van der Waals surface area contributed by atoms with Crippen LogP contribution in [-0.2, 0) is 31.8 Å². The van der Waals surface area contributed by atoms with Crippen molar-refractivity contribution in [3.8, 4) is 0 Å². The van der Waals surface area contributed by atoms with Gasteiger partial charge >= 0.3 is 17.9 Å². The van der Waals surface area contributed by atoms with Gasteiger partial charge in [0.25, 0.3) is 5.56 Å². The van der Waals surface area contributed by atoms with Gasteiger partial charge in [0.2, 0.25) is 0 Å². The molecule has 0 aliphatic rings. The summed E-state index contributed by atoms with van der Waals surface area (Å²) in [5.74, 6) is 0.334. The maximum Gasteiger partial charge on any atom is 0.416 e. The SMILES string of the molecule is Cn1c(C(Cc2ccccc2)NC(=O)OC(C)(C)C)nc2c1c(=O)n(Cc1cc3c(Cl)cccc3n1C(=O)O)c(=O)n2C. The number of halogens is 1. The minimum atomic E-state index is -1.28. The van der Waals surface area contributed by atoms with E-state index in [-0.39, 0.29) is 23.4 Å². The average molecular weight is 607 g/mol. The number of amides is 1. The second kappa shape index (κ2) is 11.1. The molecule has 13 heteroatoms. The topological polar surface area (TPSA) is 142 Å². The smallest absolute Gasteiger partial charge is 0.416 e. The number of carbonyl (C=O) groups excluding carboxylic acids is 1. The highest BCUT2D eigenvalue weighted by atomic mass is 35.5. The predicted molar refractivity (Wildman–Crippen MR) is 162 cm³/mol. The Morgan fingerprint density at radius 2 is 1.74 bits per heavy atom. The van der Waals surface area contributed by atoms with Crippen LogP contribution in [-0.4, -0.2) is 46.1 Å². The number of carbonyl (C=O) groups is 2. The van der Waals surface area contributed by atoms with E-state index < -0.39 is 35.1 Å². The van der Waals surface area contributed by atoms with Gasteiger partial charge in [-0.3, -0.25) is 13.9 Å². The minimum absolute atomic E-state index is 0.108. The molecule has 0 aliphatic carbocycles. The molecule has 0 radical (unpaired) electrons. The molecular formula is C30H31ClN6O6. The molecule has 5 aromatic rings. The zero-order valence-corrected chi connectivity index (χ0v) is 25.0. The Labute approximate surface area is 250 Å². The molecule has 1 unspecified atom stereocenters. The summed E-state index contributed by atoms with van der Waals surface area (Å²) >= 11 is 6.31. The monoisotopic (exact) mass is 606 g/mol. The van der Waals surface area contributed by atoms with E-state index >= 15 is 0 Å². The maximum absolute atomic E-state index is 13.9. The molecule has 0 bridgehead atoms. The maximum atomic E-state index is 13.9. The predicted octanol–water partition coefficient (Wildman–Crippen LogP) is 4.42. The number of fused-ring (bicyclic) bond motifs is 2. The summed E-state index contributed by atoms with van der Waals surface area (Å²) in [4.78, 5) is 57.1. The lowest BCUT2D eigenvalue weighted by Crippen LogP contribution is -2.40. The standard InChI is InChI=1S/C30H31ClN6O6/c1-30(2,3)43-27(39)32-21(14-17-10-7-6-8-11-17)24-33-25-23(34(24)4)26(38)36(28(40)35(25)5)16-18-15-19-20(31)12-9-13-22(19)37(18)29(41)42/h6-13,15,21H,14,16H2,1-5H3,(H,32,39)(H,41,42). The van der Waals surface area contributed by atoms with Gasteiger partial charge in [0, 0.05) is 30.9 Å². The van der Waals surface area contributed by atoms with Gasteiger partial charge < -0.3 is 19.7 Å². The highest BCUT2D eigenvalue weighted by Gasteiger charge is 2.28. The molecule has 0 saturated carbocycles. The van der Waals surface area contributed by atoms with Crippen molar-refractivity contribution in [2.75, 3.05) is 0 Å². The highest BCUT2D eigenvalue weighted by molar-refractivity contribution is 6.35. The molecule has 2 aromatic carbocycles. The van der Waals surface area contributed by atoms with Crippen molar-refractivity contribution < 1.29 is 19.4 Å². The quantitative estimate of drug-likeness (QED) is 0.291. The molecule has 0 spiro atoms. The number of aryl methyl sites for hydroxylation is 2. The van der Waals surface area contributed by atoms with Crippen LogP contribution in [0.3, 0.4) is 0 Å². The fraction of sp³-hybridized carbons (Fsp3) is 0.300. The summed E-state index contributed by atoms with van der Waals surface area (Å²) in [7, 11) is 3.11. The van der Waals surface area contributed by atoms with E-state index in [1.54, 1.807) is 56.7 Å². The number of rotatable bonds is 6. The van der Waals surface area contributed by atoms with Gasteiger partial charge in [-0.2, -0.15) is 0 Å². The van der Waals surface area contributed by atoms with Crippen LogP contribution < -0.4 is 16.6 Å². The van der Waals surface area contributed by atoms with Gasteiger partial charge in [0.1, 0.15) is 11.4 Å². The molecule has 0 fully saturated rings. The molecule has 5 rings (SSSR count). The first-order valence-corrected chi connectivity index (χ1v) is 13.9. The molecule has 2 N–H and O–H groups in total. The van der Waals surface area contributed by atoms with E-state index in [0.717, 1.165) is 14.7 Å². The van der Waals surface area contributed by atoms with Crippen LogP contribution in [0.2, 0.25) is 5.02 Å². The van der Waals surface area contributed by atoms with Gasteiger partial charge in [0.15, 0.2) is 11.2 Å². The normalized spacial score (nSPS) is 12.5. The Kier molecular flexibility index (Phi) is 7.65. The average Bonchev–Trinajstić information content (AvgIpc) is 3.48. The molecule has 1 amide bonds. The molecule has 0 aliphatic heterocycles. The minimum Gasteiger partial charge on any atom is -0.464 e. The van der Waals surface area contributed by atoms with Crippen molar-refractivity contribution >= 4 is 45.9 Å². The summed E-state index contributed by atoms with van der Waals surface area (Å²) in [6.45, 7) is 4.93. The molecule has 3 aromatic heterocycles. The van der Waals surface area contributed by atoms with Gasteiger partial charge in [-0.1, -0.05) is 48.0 Å². The molecule has 1 atom stereocenters. The van der Waals surface area contributed by atoms with E-state index in [2.05, 4.69) is 10.3 Å². The fourth-order valence-electron chi connectivity index (χ4n) is 5.17. The van der Waals surface area contributed by atoms with Crippen molar-refractivity contribution in [2.24, 2.45) is 14.1 Å². The van der Waals surface area contributed by atoms with Crippen molar-refractivity contribution in [1.29, 1.82) is 0 Å². The van der Waals surface area contributed by atoms with E-state index in [4.69, 9.17) is 16.3 Å². The molecule has 224 valence electrons. The summed E-state index contributed by atoms with van der Waals surface area (Å²) in [6.07, 6.45) is -1.61. The van der Waals surface area contributed by atoms with Gasteiger partial charge in [0.05, 0.1) is 23.8 Å². The number of nitrogens with zero attached hydrogens (tertiary/aromatic N) is 5. The number of imidazole rings is 1. The van der Waals surface area contributed by atoms with Crippen LogP contribution in [0.4, 0.5) is 9.59 Å². The number of benzene rings is 2. The lowest BCUT2D eigenvalue weighted by Gasteiger charge is -2.23. The van der Waals surface area contributed by atoms with Crippen molar-refractivity contribution in [1.82, 2.24) is 28.6 Å². The van der Waals surface area contributed by atoms with Crippen LogP contribution in [0.5, 0.6) is 0 Å². The number of hydrogen-bond donors (Lipinski definition) is 2. The fourth-order valence-corrected chi connectivity index (χ4v) is 5.40. The Hall–Kier alpha value is -4.84. The Balaban J connectivity index is 1.64. The molecule has 12 nitrogen and oxygen atoms in total. The van der Waals surface area contributed by atoms with Crippen LogP contribution >= 0.6 is 11.6 Å². The summed E-state index contributed by atoms with van der Waals surface area (Å²) in [5.41, 5.74) is -0.438. The van der Waals surface area contributed by atoms with Crippen molar-refractivity contribution in [3.63, 3.8) is 0 Å².